The molecular formula is C12H13N3O2. The third kappa shape index (κ3) is 1.88. The first-order valence-corrected chi connectivity index (χ1v) is 5.73. The van der Waals surface area contributed by atoms with Crippen LogP contribution in [0.5, 0.6) is 0 Å². The summed E-state index contributed by atoms with van der Waals surface area (Å²) in [7, 11) is 0. The van der Waals surface area contributed by atoms with Crippen LogP contribution in [0.2, 0.25) is 0 Å². The first-order chi connectivity index (χ1) is 8.22. The largest absolute Gasteiger partial charge is 0.344 e. The molecule has 2 heterocycles. The van der Waals surface area contributed by atoms with E-state index in [0.717, 1.165) is 24.0 Å². The molecule has 1 aliphatic rings. The Balaban J connectivity index is 1.87. The molecule has 0 saturated carbocycles. The highest BCUT2D eigenvalue weighted by molar-refractivity contribution is 5.98. The molecule has 0 atom stereocenters. The fourth-order valence-electron chi connectivity index (χ4n) is 2.23. The monoisotopic (exact) mass is 231 g/mol. The van der Waals surface area contributed by atoms with Crippen LogP contribution in [0.15, 0.2) is 16.9 Å². The van der Waals surface area contributed by atoms with Gasteiger partial charge in [0.2, 0.25) is 5.89 Å². The molecule has 0 aromatic carbocycles. The van der Waals surface area contributed by atoms with Crippen LogP contribution < -0.4 is 0 Å². The van der Waals surface area contributed by atoms with E-state index in [9.17, 15) is 4.79 Å². The van der Waals surface area contributed by atoms with E-state index < -0.39 is 0 Å². The SMILES string of the molecule is Cc1noc(Cn2cc3c(c2)C(=O)CCC3)n1. The predicted octanol–water partition coefficient (Wildman–Crippen LogP) is 1.75. The zero-order valence-corrected chi connectivity index (χ0v) is 9.64. The standard InChI is InChI=1S/C12H13N3O2/c1-8-13-12(17-14-8)7-15-5-9-3-2-4-11(16)10(9)6-15/h5-6H,2-4,7H2,1H3. The van der Waals surface area contributed by atoms with E-state index in [1.54, 1.807) is 6.92 Å². The van der Waals surface area contributed by atoms with Crippen LogP contribution in [0.3, 0.4) is 0 Å². The highest BCUT2D eigenvalue weighted by atomic mass is 16.5. The van der Waals surface area contributed by atoms with Crippen molar-refractivity contribution in [1.29, 1.82) is 0 Å². The first-order valence-electron chi connectivity index (χ1n) is 5.73. The lowest BCUT2D eigenvalue weighted by atomic mass is 9.95. The van der Waals surface area contributed by atoms with Gasteiger partial charge in [0.05, 0.1) is 0 Å². The van der Waals surface area contributed by atoms with Crippen LogP contribution >= 0.6 is 0 Å². The van der Waals surface area contributed by atoms with Crippen molar-refractivity contribution < 1.29 is 9.32 Å². The smallest absolute Gasteiger partial charge is 0.246 e. The topological polar surface area (TPSA) is 60.9 Å². The molecular weight excluding hydrogens is 218 g/mol. The van der Waals surface area contributed by atoms with Crippen LogP contribution in [0.1, 0.15) is 40.5 Å². The Morgan fingerprint density at radius 1 is 1.41 bits per heavy atom. The van der Waals surface area contributed by atoms with Gasteiger partial charge in [-0.1, -0.05) is 5.16 Å². The van der Waals surface area contributed by atoms with Gasteiger partial charge >= 0.3 is 0 Å². The predicted molar refractivity (Wildman–Crippen MR) is 59.8 cm³/mol. The highest BCUT2D eigenvalue weighted by Crippen LogP contribution is 2.22. The van der Waals surface area contributed by atoms with Crippen LogP contribution in [-0.2, 0) is 13.0 Å². The van der Waals surface area contributed by atoms with Gasteiger partial charge in [0.15, 0.2) is 11.6 Å². The molecule has 3 rings (SSSR count). The second-order valence-electron chi connectivity index (χ2n) is 4.38. The number of aryl methyl sites for hydroxylation is 2. The third-order valence-electron chi connectivity index (χ3n) is 3.00. The van der Waals surface area contributed by atoms with E-state index in [2.05, 4.69) is 10.1 Å². The summed E-state index contributed by atoms with van der Waals surface area (Å²) in [5.41, 5.74) is 1.99. The van der Waals surface area contributed by atoms with Gasteiger partial charge < -0.3 is 9.09 Å². The number of nitrogens with zero attached hydrogens (tertiary/aromatic N) is 3. The van der Waals surface area contributed by atoms with E-state index in [-0.39, 0.29) is 5.78 Å². The minimum Gasteiger partial charge on any atom is -0.344 e. The number of ketones is 1. The van der Waals surface area contributed by atoms with Crippen molar-refractivity contribution in [2.24, 2.45) is 0 Å². The number of fused-ring (bicyclic) bond motifs is 1. The Labute approximate surface area is 98.4 Å². The summed E-state index contributed by atoms with van der Waals surface area (Å²) in [4.78, 5) is 15.8. The van der Waals surface area contributed by atoms with Crippen LogP contribution in [0.25, 0.3) is 0 Å². The maximum absolute atomic E-state index is 11.7. The Morgan fingerprint density at radius 3 is 3.00 bits per heavy atom. The first kappa shape index (κ1) is 10.3. The molecule has 2 aromatic heterocycles. The van der Waals surface area contributed by atoms with Gasteiger partial charge in [-0.15, -0.1) is 0 Å². The van der Waals surface area contributed by atoms with Crippen LogP contribution in [0, 0.1) is 6.92 Å². The van der Waals surface area contributed by atoms with E-state index in [1.165, 1.54) is 0 Å². The van der Waals surface area contributed by atoms with E-state index >= 15 is 0 Å². The molecule has 0 aliphatic heterocycles. The lowest BCUT2D eigenvalue weighted by Crippen LogP contribution is -2.07. The molecule has 0 fully saturated rings. The van der Waals surface area contributed by atoms with Gasteiger partial charge in [0.1, 0.15) is 6.54 Å². The molecule has 0 amide bonds. The summed E-state index contributed by atoms with van der Waals surface area (Å²) in [5, 5.41) is 3.74. The average Bonchev–Trinajstić information content (AvgIpc) is 2.86. The Bertz CT molecular complexity index is 568. The quantitative estimate of drug-likeness (QED) is 0.790. The fourth-order valence-corrected chi connectivity index (χ4v) is 2.23. The number of carbonyl (C=O) groups excluding carboxylic acids is 1. The molecule has 0 spiro atoms. The van der Waals surface area contributed by atoms with Crippen LogP contribution in [0.4, 0.5) is 0 Å². The summed E-state index contributed by atoms with van der Waals surface area (Å²) in [6.07, 6.45) is 6.49. The highest BCUT2D eigenvalue weighted by Gasteiger charge is 2.19. The zero-order chi connectivity index (χ0) is 11.8. The van der Waals surface area contributed by atoms with Crippen molar-refractivity contribution in [3.05, 3.63) is 35.2 Å². The van der Waals surface area contributed by atoms with E-state index in [0.29, 0.717) is 24.7 Å². The molecule has 5 nitrogen and oxygen atoms in total. The summed E-state index contributed by atoms with van der Waals surface area (Å²) in [6, 6.07) is 0. The number of hydrogen-bond donors (Lipinski definition) is 0. The minimum atomic E-state index is 0.242. The van der Waals surface area contributed by atoms with Crippen molar-refractivity contribution >= 4 is 5.78 Å². The van der Waals surface area contributed by atoms with Crippen molar-refractivity contribution in [2.45, 2.75) is 32.7 Å². The van der Waals surface area contributed by atoms with Gasteiger partial charge in [0, 0.05) is 24.4 Å². The van der Waals surface area contributed by atoms with Gasteiger partial charge in [0.25, 0.3) is 0 Å². The molecule has 1 aliphatic carbocycles. The van der Waals surface area contributed by atoms with Gasteiger partial charge in [-0.3, -0.25) is 4.79 Å². The molecule has 2 aromatic rings. The molecule has 0 radical (unpaired) electrons. The number of rotatable bonds is 2. The molecule has 0 N–H and O–H groups in total. The Hall–Kier alpha value is -1.91. The number of Topliss-reactive ketones (excluding diaryl/α,β-unsaturated/α-hetero) is 1. The van der Waals surface area contributed by atoms with Gasteiger partial charge in [-0.05, 0) is 25.3 Å². The lowest BCUT2D eigenvalue weighted by Gasteiger charge is -2.07. The molecule has 17 heavy (non-hydrogen) atoms. The fraction of sp³-hybridized carbons (Fsp3) is 0.417. The molecule has 0 unspecified atom stereocenters. The van der Waals surface area contributed by atoms with Crippen molar-refractivity contribution in [3.63, 3.8) is 0 Å². The molecule has 0 bridgehead atoms. The van der Waals surface area contributed by atoms with Gasteiger partial charge in [-0.25, -0.2) is 0 Å². The van der Waals surface area contributed by atoms with Crippen molar-refractivity contribution in [3.8, 4) is 0 Å². The van der Waals surface area contributed by atoms with Crippen LogP contribution in [-0.4, -0.2) is 20.5 Å². The summed E-state index contributed by atoms with van der Waals surface area (Å²) in [6.45, 7) is 2.32. The number of carbonyl (C=O) groups is 1. The van der Waals surface area contributed by atoms with Gasteiger partial charge in [-0.2, -0.15) is 4.98 Å². The minimum absolute atomic E-state index is 0.242. The summed E-state index contributed by atoms with van der Waals surface area (Å²) >= 11 is 0. The summed E-state index contributed by atoms with van der Waals surface area (Å²) < 4.78 is 7.01. The lowest BCUT2D eigenvalue weighted by molar-refractivity contribution is 0.0973. The Kier molecular flexibility index (Phi) is 2.31. The third-order valence-corrected chi connectivity index (χ3v) is 3.00. The average molecular weight is 231 g/mol. The Morgan fingerprint density at radius 2 is 2.29 bits per heavy atom. The maximum Gasteiger partial charge on any atom is 0.246 e. The van der Waals surface area contributed by atoms with E-state index in [4.69, 9.17) is 4.52 Å². The second-order valence-corrected chi connectivity index (χ2v) is 4.38. The number of aromatic nitrogens is 3. The number of hydrogen-bond acceptors (Lipinski definition) is 4. The van der Waals surface area contributed by atoms with Crippen molar-refractivity contribution in [2.75, 3.05) is 0 Å². The molecule has 5 heteroatoms. The second kappa shape index (κ2) is 3.84. The molecule has 0 saturated heterocycles. The van der Waals surface area contributed by atoms with E-state index in [1.807, 2.05) is 17.0 Å². The maximum atomic E-state index is 11.7. The molecule has 88 valence electrons. The summed E-state index contributed by atoms with van der Waals surface area (Å²) in [5.74, 6) is 1.45. The zero-order valence-electron chi connectivity index (χ0n) is 9.64. The van der Waals surface area contributed by atoms with Crippen molar-refractivity contribution in [1.82, 2.24) is 14.7 Å². The normalized spacial score (nSPS) is 15.0.